The van der Waals surface area contributed by atoms with Crippen molar-refractivity contribution < 1.29 is 22.7 Å². The summed E-state index contributed by atoms with van der Waals surface area (Å²) in [6.07, 6.45) is 2.82. The molecule has 2 atom stereocenters. The third-order valence-electron chi connectivity index (χ3n) is 6.07. The highest BCUT2D eigenvalue weighted by molar-refractivity contribution is 7.92. The van der Waals surface area contributed by atoms with Crippen LogP contribution in [0, 0.1) is 0 Å². The summed E-state index contributed by atoms with van der Waals surface area (Å²) in [7, 11) is -1.93. The van der Waals surface area contributed by atoms with Crippen LogP contribution in [0.4, 0.5) is 5.69 Å². The molecule has 2 aromatic carbocycles. The largest absolute Gasteiger partial charge is 0.497 e. The van der Waals surface area contributed by atoms with Gasteiger partial charge >= 0.3 is 0 Å². The van der Waals surface area contributed by atoms with Crippen LogP contribution in [0.1, 0.15) is 52.0 Å². The molecular weight excluding hydrogens is 478 g/mol. The molecule has 0 aliphatic heterocycles. The minimum atomic E-state index is -3.51. The van der Waals surface area contributed by atoms with Crippen molar-refractivity contribution in [1.29, 1.82) is 0 Å². The van der Waals surface area contributed by atoms with Gasteiger partial charge in [0.2, 0.25) is 21.8 Å². The Morgan fingerprint density at radius 1 is 1.03 bits per heavy atom. The van der Waals surface area contributed by atoms with E-state index >= 15 is 0 Å². The number of methoxy groups -OCH3 is 1. The molecule has 0 aromatic heterocycles. The number of benzene rings is 2. The van der Waals surface area contributed by atoms with Crippen molar-refractivity contribution in [2.24, 2.45) is 0 Å². The second kappa shape index (κ2) is 13.9. The summed E-state index contributed by atoms with van der Waals surface area (Å²) in [6, 6.07) is 15.6. The van der Waals surface area contributed by atoms with E-state index in [1.165, 1.54) is 4.31 Å². The molecule has 0 spiro atoms. The highest BCUT2D eigenvalue weighted by Gasteiger charge is 2.29. The predicted octanol–water partition coefficient (Wildman–Crippen LogP) is 3.96. The topological polar surface area (TPSA) is 96.0 Å². The molecular formula is C27H39N3O5S. The van der Waals surface area contributed by atoms with Crippen molar-refractivity contribution in [2.45, 2.75) is 65.1 Å². The van der Waals surface area contributed by atoms with Crippen LogP contribution in [0.25, 0.3) is 0 Å². The number of anilines is 1. The zero-order valence-corrected chi connectivity index (χ0v) is 22.8. The first kappa shape index (κ1) is 29.2. The van der Waals surface area contributed by atoms with Crippen molar-refractivity contribution in [3.05, 3.63) is 60.2 Å². The van der Waals surface area contributed by atoms with Gasteiger partial charge in [-0.25, -0.2) is 8.42 Å². The molecule has 0 aliphatic carbocycles. The minimum absolute atomic E-state index is 0.00508. The molecule has 2 rings (SSSR count). The Bertz CT molecular complexity index is 1090. The number of sulfonamides is 1. The Labute approximate surface area is 215 Å². The molecule has 8 nitrogen and oxygen atoms in total. The lowest BCUT2D eigenvalue weighted by atomic mass is 10.1. The quantitative estimate of drug-likeness (QED) is 0.409. The third-order valence-corrected chi connectivity index (χ3v) is 7.26. The summed E-state index contributed by atoms with van der Waals surface area (Å²) in [5, 5.41) is 2.99. The molecule has 198 valence electrons. The summed E-state index contributed by atoms with van der Waals surface area (Å²) < 4.78 is 31.4. The van der Waals surface area contributed by atoms with Gasteiger partial charge in [-0.3, -0.25) is 13.9 Å². The van der Waals surface area contributed by atoms with E-state index in [0.717, 1.165) is 18.2 Å². The van der Waals surface area contributed by atoms with Crippen molar-refractivity contribution in [3.63, 3.8) is 0 Å². The van der Waals surface area contributed by atoms with Gasteiger partial charge in [-0.15, -0.1) is 0 Å². The molecule has 2 aromatic rings. The fraction of sp³-hybridized carbons (Fsp3) is 0.481. The van der Waals surface area contributed by atoms with Gasteiger partial charge in [0, 0.05) is 25.6 Å². The molecule has 1 N–H and O–H groups in total. The molecule has 0 unspecified atom stereocenters. The molecule has 9 heteroatoms. The highest BCUT2D eigenvalue weighted by atomic mass is 32.2. The fourth-order valence-corrected chi connectivity index (χ4v) is 4.89. The van der Waals surface area contributed by atoms with Crippen molar-refractivity contribution in [3.8, 4) is 5.75 Å². The van der Waals surface area contributed by atoms with Crippen LogP contribution in [0.3, 0.4) is 0 Å². The lowest BCUT2D eigenvalue weighted by molar-refractivity contribution is -0.141. The van der Waals surface area contributed by atoms with E-state index in [0.29, 0.717) is 24.3 Å². The van der Waals surface area contributed by atoms with Gasteiger partial charge in [-0.1, -0.05) is 44.2 Å². The molecule has 0 saturated carbocycles. The van der Waals surface area contributed by atoms with Gasteiger partial charge in [-0.2, -0.15) is 0 Å². The first-order valence-corrected chi connectivity index (χ1v) is 14.2. The number of hydrogen-bond acceptors (Lipinski definition) is 5. The molecule has 0 aliphatic rings. The van der Waals surface area contributed by atoms with E-state index in [1.54, 1.807) is 36.3 Å². The molecule has 0 fully saturated rings. The lowest BCUT2D eigenvalue weighted by Crippen LogP contribution is -2.50. The maximum Gasteiger partial charge on any atom is 0.243 e. The predicted molar refractivity (Wildman–Crippen MR) is 143 cm³/mol. The average Bonchev–Trinajstić information content (AvgIpc) is 2.86. The van der Waals surface area contributed by atoms with Gasteiger partial charge in [0.15, 0.2) is 0 Å². The van der Waals surface area contributed by atoms with Gasteiger partial charge in [0.05, 0.1) is 19.1 Å². The molecule has 36 heavy (non-hydrogen) atoms. The van der Waals surface area contributed by atoms with E-state index in [2.05, 4.69) is 5.32 Å². The summed E-state index contributed by atoms with van der Waals surface area (Å²) in [6.45, 7) is 6.22. The second-order valence-corrected chi connectivity index (χ2v) is 10.8. The van der Waals surface area contributed by atoms with Crippen LogP contribution in [-0.2, 0) is 26.2 Å². The summed E-state index contributed by atoms with van der Waals surface area (Å²) in [4.78, 5) is 28.2. The van der Waals surface area contributed by atoms with Crippen LogP contribution >= 0.6 is 0 Å². The average molecular weight is 518 g/mol. The Morgan fingerprint density at radius 2 is 1.72 bits per heavy atom. The number of nitrogens with one attached hydrogen (secondary N) is 1. The summed E-state index contributed by atoms with van der Waals surface area (Å²) in [5.74, 6) is 0.277. The standard InChI is InChI=1S/C27H39N3O5S/c1-6-21(3)28-27(32)25(7-2)29(20-22-13-11-16-24(19-22)35-4)26(31)17-12-18-30(36(5,33)34)23-14-9-8-10-15-23/h8-11,13-16,19,21,25H,6-7,12,17-18,20H2,1-5H3,(H,28,32)/t21-,25-/m1/s1. The van der Waals surface area contributed by atoms with Crippen molar-refractivity contribution in [2.75, 3.05) is 24.2 Å². The number of amides is 2. The monoisotopic (exact) mass is 517 g/mol. The SMILES string of the molecule is CC[C@@H](C)NC(=O)[C@@H](CC)N(Cc1cccc(OC)c1)C(=O)CCCN(c1ccccc1)S(C)(=O)=O. The van der Waals surface area contributed by atoms with Crippen LogP contribution in [-0.4, -0.2) is 57.1 Å². The Balaban J connectivity index is 2.23. The van der Waals surface area contributed by atoms with Gasteiger partial charge < -0.3 is 15.0 Å². The van der Waals surface area contributed by atoms with Crippen LogP contribution in [0.2, 0.25) is 0 Å². The first-order chi connectivity index (χ1) is 17.1. The van der Waals surface area contributed by atoms with E-state index in [-0.39, 0.29) is 37.4 Å². The molecule has 0 radical (unpaired) electrons. The summed E-state index contributed by atoms with van der Waals surface area (Å²) >= 11 is 0. The molecule has 0 bridgehead atoms. The number of rotatable bonds is 14. The van der Waals surface area contributed by atoms with Crippen LogP contribution in [0.15, 0.2) is 54.6 Å². The van der Waals surface area contributed by atoms with E-state index in [9.17, 15) is 18.0 Å². The van der Waals surface area contributed by atoms with Gasteiger partial charge in [0.1, 0.15) is 11.8 Å². The van der Waals surface area contributed by atoms with Gasteiger partial charge in [-0.05, 0) is 56.0 Å². The number of carbonyl (C=O) groups excluding carboxylic acids is 2. The van der Waals surface area contributed by atoms with E-state index in [1.807, 2.05) is 51.1 Å². The van der Waals surface area contributed by atoms with E-state index in [4.69, 9.17) is 4.74 Å². The fourth-order valence-electron chi connectivity index (χ4n) is 3.93. The molecule has 2 amide bonds. The first-order valence-electron chi connectivity index (χ1n) is 12.4. The lowest BCUT2D eigenvalue weighted by Gasteiger charge is -2.32. The zero-order valence-electron chi connectivity index (χ0n) is 21.9. The second-order valence-electron chi connectivity index (χ2n) is 8.89. The number of nitrogens with zero attached hydrogens (tertiary/aromatic N) is 2. The summed E-state index contributed by atoms with van der Waals surface area (Å²) in [5.41, 5.74) is 1.40. The normalized spacial score (nSPS) is 12.9. The number of ether oxygens (including phenoxy) is 1. The highest BCUT2D eigenvalue weighted by Crippen LogP contribution is 2.20. The Kier molecular flexibility index (Phi) is 11.2. The van der Waals surface area contributed by atoms with E-state index < -0.39 is 16.1 Å². The maximum atomic E-state index is 13.5. The van der Waals surface area contributed by atoms with Gasteiger partial charge in [0.25, 0.3) is 0 Å². The molecule has 0 heterocycles. The van der Waals surface area contributed by atoms with Crippen molar-refractivity contribution >= 4 is 27.5 Å². The van der Waals surface area contributed by atoms with Crippen LogP contribution in [0.5, 0.6) is 5.75 Å². The number of para-hydroxylation sites is 1. The number of hydrogen-bond donors (Lipinski definition) is 1. The Morgan fingerprint density at radius 3 is 2.31 bits per heavy atom. The Hall–Kier alpha value is -3.07. The number of carbonyl (C=O) groups is 2. The van der Waals surface area contributed by atoms with Crippen LogP contribution < -0.4 is 14.4 Å². The third kappa shape index (κ3) is 8.55. The van der Waals surface area contributed by atoms with Crippen molar-refractivity contribution in [1.82, 2.24) is 10.2 Å². The maximum absolute atomic E-state index is 13.5. The minimum Gasteiger partial charge on any atom is -0.497 e. The smallest absolute Gasteiger partial charge is 0.243 e. The zero-order chi connectivity index (χ0) is 26.7. The molecule has 0 saturated heterocycles.